The molecule has 0 aromatic heterocycles. The molecular formula is C21H34N4O4. The van der Waals surface area contributed by atoms with E-state index < -0.39 is 17.7 Å². The molecule has 0 saturated heterocycles. The van der Waals surface area contributed by atoms with E-state index in [2.05, 4.69) is 15.8 Å². The summed E-state index contributed by atoms with van der Waals surface area (Å²) < 4.78 is 5.26. The SMILES string of the molecule is Cc1cc(C)cc(NC(=O)CO/N=C(\N)C(CC(C)C)NC(=O)OC(C)(C)C)c1. The Morgan fingerprint density at radius 3 is 2.24 bits per heavy atom. The number of alkyl carbamates (subject to hydrolysis) is 1. The number of carbonyl (C=O) groups excluding carboxylic acids is 2. The second-order valence-electron chi connectivity index (χ2n) is 8.54. The Morgan fingerprint density at radius 1 is 1.14 bits per heavy atom. The molecular weight excluding hydrogens is 372 g/mol. The van der Waals surface area contributed by atoms with Gasteiger partial charge in [0, 0.05) is 5.69 Å². The molecule has 0 saturated carbocycles. The molecule has 8 nitrogen and oxygen atoms in total. The molecule has 1 rings (SSSR count). The van der Waals surface area contributed by atoms with E-state index in [4.69, 9.17) is 15.3 Å². The summed E-state index contributed by atoms with van der Waals surface area (Å²) in [6, 6.07) is 5.19. The summed E-state index contributed by atoms with van der Waals surface area (Å²) >= 11 is 0. The van der Waals surface area contributed by atoms with Gasteiger partial charge < -0.3 is 25.9 Å². The van der Waals surface area contributed by atoms with E-state index >= 15 is 0 Å². The number of benzene rings is 1. The number of ether oxygens (including phenoxy) is 1. The number of hydrogen-bond donors (Lipinski definition) is 3. The Hall–Kier alpha value is -2.77. The van der Waals surface area contributed by atoms with Gasteiger partial charge in [0.25, 0.3) is 5.91 Å². The first-order valence-corrected chi connectivity index (χ1v) is 9.68. The van der Waals surface area contributed by atoms with Crippen LogP contribution in [0, 0.1) is 19.8 Å². The molecule has 0 spiro atoms. The van der Waals surface area contributed by atoms with Crippen molar-refractivity contribution in [2.24, 2.45) is 16.8 Å². The number of aryl methyl sites for hydroxylation is 2. The van der Waals surface area contributed by atoms with Crippen LogP contribution in [0.15, 0.2) is 23.4 Å². The van der Waals surface area contributed by atoms with Gasteiger partial charge in [-0.25, -0.2) is 4.79 Å². The topological polar surface area (TPSA) is 115 Å². The molecule has 0 bridgehead atoms. The molecule has 1 aromatic carbocycles. The summed E-state index contributed by atoms with van der Waals surface area (Å²) in [6.07, 6.45) is -0.0407. The normalized spacial score (nSPS) is 13.0. The van der Waals surface area contributed by atoms with E-state index in [9.17, 15) is 9.59 Å². The van der Waals surface area contributed by atoms with Gasteiger partial charge in [-0.15, -0.1) is 0 Å². The number of nitrogens with one attached hydrogen (secondary N) is 2. The van der Waals surface area contributed by atoms with Gasteiger partial charge in [-0.3, -0.25) is 4.79 Å². The van der Waals surface area contributed by atoms with E-state index in [0.29, 0.717) is 12.1 Å². The van der Waals surface area contributed by atoms with Crippen molar-refractivity contribution in [1.29, 1.82) is 0 Å². The Balaban J connectivity index is 2.65. The Labute approximate surface area is 173 Å². The second kappa shape index (κ2) is 10.7. The molecule has 0 radical (unpaired) electrons. The summed E-state index contributed by atoms with van der Waals surface area (Å²) in [6.45, 7) is 12.9. The fourth-order valence-corrected chi connectivity index (χ4v) is 2.65. The van der Waals surface area contributed by atoms with Crippen molar-refractivity contribution >= 4 is 23.5 Å². The highest BCUT2D eigenvalue weighted by molar-refractivity contribution is 5.92. The number of nitrogens with two attached hydrogens (primary N) is 1. The lowest BCUT2D eigenvalue weighted by atomic mass is 10.0. The maximum atomic E-state index is 12.1. The Kier molecular flexibility index (Phi) is 8.94. The minimum atomic E-state index is -0.624. The van der Waals surface area contributed by atoms with Crippen molar-refractivity contribution in [1.82, 2.24) is 5.32 Å². The zero-order valence-electron chi connectivity index (χ0n) is 18.5. The third-order valence-electron chi connectivity index (χ3n) is 3.63. The minimum Gasteiger partial charge on any atom is -0.444 e. The molecule has 0 aliphatic heterocycles. The third kappa shape index (κ3) is 10.4. The monoisotopic (exact) mass is 406 g/mol. The van der Waals surface area contributed by atoms with E-state index in [1.807, 2.05) is 45.9 Å². The van der Waals surface area contributed by atoms with Gasteiger partial charge in [-0.05, 0) is 70.2 Å². The van der Waals surface area contributed by atoms with Crippen LogP contribution in [-0.4, -0.2) is 36.1 Å². The predicted molar refractivity (Wildman–Crippen MR) is 115 cm³/mol. The lowest BCUT2D eigenvalue weighted by Gasteiger charge is -2.24. The maximum Gasteiger partial charge on any atom is 0.408 e. The third-order valence-corrected chi connectivity index (χ3v) is 3.63. The first kappa shape index (κ1) is 24.3. The average molecular weight is 407 g/mol. The first-order valence-electron chi connectivity index (χ1n) is 9.68. The quantitative estimate of drug-likeness (QED) is 0.347. The molecule has 4 N–H and O–H groups in total. The van der Waals surface area contributed by atoms with Crippen LogP contribution in [-0.2, 0) is 14.4 Å². The van der Waals surface area contributed by atoms with E-state index in [0.717, 1.165) is 11.1 Å². The van der Waals surface area contributed by atoms with Crippen LogP contribution in [0.5, 0.6) is 0 Å². The van der Waals surface area contributed by atoms with Crippen molar-refractivity contribution in [3.8, 4) is 0 Å². The van der Waals surface area contributed by atoms with Gasteiger partial charge in [0.2, 0.25) is 0 Å². The maximum absolute atomic E-state index is 12.1. The van der Waals surface area contributed by atoms with Crippen molar-refractivity contribution in [3.05, 3.63) is 29.3 Å². The Morgan fingerprint density at radius 2 is 1.72 bits per heavy atom. The summed E-state index contributed by atoms with van der Waals surface area (Å²) in [4.78, 5) is 29.2. The molecule has 0 aliphatic carbocycles. The largest absolute Gasteiger partial charge is 0.444 e. The van der Waals surface area contributed by atoms with Crippen molar-refractivity contribution in [3.63, 3.8) is 0 Å². The Bertz CT molecular complexity index is 718. The molecule has 0 heterocycles. The summed E-state index contributed by atoms with van der Waals surface area (Å²) in [7, 11) is 0. The molecule has 0 aliphatic rings. The number of amides is 2. The number of amidine groups is 1. The van der Waals surface area contributed by atoms with Crippen LogP contribution in [0.3, 0.4) is 0 Å². The van der Waals surface area contributed by atoms with Gasteiger partial charge in [0.05, 0.1) is 6.04 Å². The van der Waals surface area contributed by atoms with Gasteiger partial charge in [0.15, 0.2) is 12.4 Å². The average Bonchev–Trinajstić information content (AvgIpc) is 2.50. The van der Waals surface area contributed by atoms with Crippen LogP contribution in [0.1, 0.15) is 52.2 Å². The smallest absolute Gasteiger partial charge is 0.408 e. The lowest BCUT2D eigenvalue weighted by Crippen LogP contribution is -2.47. The number of carbonyl (C=O) groups is 2. The number of rotatable bonds is 8. The molecule has 1 aromatic rings. The highest BCUT2D eigenvalue weighted by Gasteiger charge is 2.23. The van der Waals surface area contributed by atoms with E-state index in [-0.39, 0.29) is 24.3 Å². The summed E-state index contributed by atoms with van der Waals surface area (Å²) in [5.74, 6) is -0.0348. The highest BCUT2D eigenvalue weighted by Crippen LogP contribution is 2.13. The highest BCUT2D eigenvalue weighted by atomic mass is 16.6. The first-order chi connectivity index (χ1) is 13.4. The van der Waals surface area contributed by atoms with Crippen LogP contribution in [0.4, 0.5) is 10.5 Å². The van der Waals surface area contributed by atoms with Gasteiger partial charge in [0.1, 0.15) is 5.60 Å². The van der Waals surface area contributed by atoms with Crippen molar-refractivity contribution < 1.29 is 19.2 Å². The molecule has 162 valence electrons. The molecule has 29 heavy (non-hydrogen) atoms. The van der Waals surface area contributed by atoms with E-state index in [1.54, 1.807) is 20.8 Å². The summed E-state index contributed by atoms with van der Waals surface area (Å²) in [5, 5.41) is 9.26. The van der Waals surface area contributed by atoms with Gasteiger partial charge in [-0.1, -0.05) is 25.1 Å². The van der Waals surface area contributed by atoms with Crippen molar-refractivity contribution in [2.45, 2.75) is 66.5 Å². The van der Waals surface area contributed by atoms with Gasteiger partial charge >= 0.3 is 6.09 Å². The fourth-order valence-electron chi connectivity index (χ4n) is 2.65. The summed E-state index contributed by atoms with van der Waals surface area (Å²) in [5.41, 5.74) is 8.15. The molecule has 8 heteroatoms. The molecule has 1 atom stereocenters. The fraction of sp³-hybridized carbons (Fsp3) is 0.571. The standard InChI is InChI=1S/C21H34N4O4/c1-13(2)8-17(24-20(27)29-21(5,6)7)19(22)25-28-12-18(26)23-16-10-14(3)9-15(4)11-16/h9-11,13,17H,8,12H2,1-7H3,(H2,22,25)(H,23,26)(H,24,27). The molecule has 1 unspecified atom stereocenters. The van der Waals surface area contributed by atoms with Crippen LogP contribution < -0.4 is 16.4 Å². The zero-order valence-corrected chi connectivity index (χ0v) is 18.5. The number of nitrogens with zero attached hydrogens (tertiary/aromatic N) is 1. The predicted octanol–water partition coefficient (Wildman–Crippen LogP) is 3.47. The number of oxime groups is 1. The van der Waals surface area contributed by atoms with Crippen LogP contribution in [0.2, 0.25) is 0 Å². The molecule has 0 fully saturated rings. The zero-order chi connectivity index (χ0) is 22.2. The second-order valence-corrected chi connectivity index (χ2v) is 8.54. The molecule has 2 amide bonds. The van der Waals surface area contributed by atoms with Crippen LogP contribution in [0.25, 0.3) is 0 Å². The number of anilines is 1. The number of hydrogen-bond acceptors (Lipinski definition) is 5. The van der Waals surface area contributed by atoms with Crippen LogP contribution >= 0.6 is 0 Å². The van der Waals surface area contributed by atoms with Crippen molar-refractivity contribution in [2.75, 3.05) is 11.9 Å². The minimum absolute atomic E-state index is 0.0729. The van der Waals surface area contributed by atoms with E-state index in [1.165, 1.54) is 0 Å². The van der Waals surface area contributed by atoms with Gasteiger partial charge in [-0.2, -0.15) is 0 Å². The lowest BCUT2D eigenvalue weighted by molar-refractivity contribution is -0.120.